The van der Waals surface area contributed by atoms with Gasteiger partial charge >= 0.3 is 36.0 Å². The molecule has 13 nitrogen and oxygen atoms in total. The first-order valence-corrected chi connectivity index (χ1v) is 10.2. The van der Waals surface area contributed by atoms with Gasteiger partial charge in [-0.25, -0.2) is 4.79 Å². The molecule has 0 aromatic heterocycles. The van der Waals surface area contributed by atoms with Gasteiger partial charge in [0.05, 0.1) is 19.2 Å². The van der Waals surface area contributed by atoms with Gasteiger partial charge in [0.2, 0.25) is 11.7 Å². The second-order valence-electron chi connectivity index (χ2n) is 7.35. The van der Waals surface area contributed by atoms with E-state index in [4.69, 9.17) is 18.9 Å². The first-order chi connectivity index (χ1) is 16.6. The lowest BCUT2D eigenvalue weighted by Gasteiger charge is -2.42. The number of nitrogens with one attached hydrogen (secondary N) is 2. The van der Waals surface area contributed by atoms with Crippen LogP contribution in [0, 0.1) is 0 Å². The summed E-state index contributed by atoms with van der Waals surface area (Å²) >= 11 is 0. The predicted molar refractivity (Wildman–Crippen MR) is 108 cm³/mol. The van der Waals surface area contributed by atoms with Gasteiger partial charge in [0.15, 0.2) is 18.3 Å². The molecular weight excluding hydrogens is 501 g/mol. The van der Waals surface area contributed by atoms with E-state index in [9.17, 15) is 41.9 Å². The number of methoxy groups -OCH3 is 1. The summed E-state index contributed by atoms with van der Waals surface area (Å²) in [5.41, 5.74) is 0. The van der Waals surface area contributed by atoms with E-state index in [-0.39, 0.29) is 0 Å². The maximum atomic E-state index is 13.1. The Kier molecular flexibility index (Phi) is 10.7. The standard InChI is InChI=1S/C20H25F3N2O11/c1-8(26)24-12-6-13(18(30)32-5)36-17(15(12)25-19(31)20(21,22)23)16(35-11(4)29)14(34-10(3)28)7-33-9(2)27/h6,12,14-17H,7H2,1-5H3,(H,24,26)(H,25,31)/t12-,14+,15+,16+,17+/m0/s1. The lowest BCUT2D eigenvalue weighted by atomic mass is 9.91. The van der Waals surface area contributed by atoms with Crippen molar-refractivity contribution in [2.75, 3.05) is 13.7 Å². The molecule has 2 N–H and O–H groups in total. The highest BCUT2D eigenvalue weighted by Gasteiger charge is 2.51. The molecule has 0 radical (unpaired) electrons. The Morgan fingerprint density at radius 3 is 2.00 bits per heavy atom. The van der Waals surface area contributed by atoms with E-state index in [0.717, 1.165) is 40.9 Å². The van der Waals surface area contributed by atoms with Crippen molar-refractivity contribution in [3.05, 3.63) is 11.8 Å². The van der Waals surface area contributed by atoms with Gasteiger partial charge in [-0.15, -0.1) is 0 Å². The molecule has 0 saturated carbocycles. The molecule has 1 heterocycles. The largest absolute Gasteiger partial charge is 0.477 e. The Hall–Kier alpha value is -3.85. The average Bonchev–Trinajstić information content (AvgIpc) is 2.73. The highest BCUT2D eigenvalue weighted by Crippen LogP contribution is 2.28. The average molecular weight is 526 g/mol. The molecule has 0 aromatic rings. The fraction of sp³-hybridized carbons (Fsp3) is 0.600. The smallest absolute Gasteiger partial charge is 0.471 e. The van der Waals surface area contributed by atoms with Crippen molar-refractivity contribution < 1.29 is 65.6 Å². The molecule has 0 unspecified atom stereocenters. The molecule has 1 rings (SSSR count). The van der Waals surface area contributed by atoms with Crippen LogP contribution in [-0.2, 0) is 52.5 Å². The number of alkyl halides is 3. The molecule has 0 aliphatic carbocycles. The number of ether oxygens (including phenoxy) is 5. The van der Waals surface area contributed by atoms with Crippen molar-refractivity contribution >= 4 is 35.7 Å². The summed E-state index contributed by atoms with van der Waals surface area (Å²) in [6, 6.07) is -3.39. The number of esters is 4. The number of amides is 2. The minimum Gasteiger partial charge on any atom is -0.477 e. The van der Waals surface area contributed by atoms with Gasteiger partial charge in [-0.2, -0.15) is 13.2 Å². The van der Waals surface area contributed by atoms with Crippen LogP contribution in [0.15, 0.2) is 11.8 Å². The van der Waals surface area contributed by atoms with Crippen LogP contribution in [0.25, 0.3) is 0 Å². The van der Waals surface area contributed by atoms with Gasteiger partial charge in [-0.3, -0.25) is 24.0 Å². The maximum Gasteiger partial charge on any atom is 0.471 e. The summed E-state index contributed by atoms with van der Waals surface area (Å²) in [4.78, 5) is 70.6. The molecule has 1 aliphatic heterocycles. The molecule has 0 fully saturated rings. The van der Waals surface area contributed by atoms with Gasteiger partial charge in [0, 0.05) is 27.7 Å². The number of hydrogen-bond acceptors (Lipinski definition) is 11. The third-order valence-electron chi connectivity index (χ3n) is 4.41. The predicted octanol–water partition coefficient (Wildman–Crippen LogP) is -0.580. The normalized spacial score (nSPS) is 20.9. The van der Waals surface area contributed by atoms with Gasteiger partial charge in [0.25, 0.3) is 0 Å². The van der Waals surface area contributed by atoms with Gasteiger partial charge < -0.3 is 34.3 Å². The van der Waals surface area contributed by atoms with Crippen LogP contribution >= 0.6 is 0 Å². The highest BCUT2D eigenvalue weighted by atomic mass is 19.4. The summed E-state index contributed by atoms with van der Waals surface area (Å²) < 4.78 is 64.3. The van der Waals surface area contributed by atoms with E-state index in [1.807, 2.05) is 0 Å². The van der Waals surface area contributed by atoms with Crippen molar-refractivity contribution in [3.8, 4) is 0 Å². The van der Waals surface area contributed by atoms with Gasteiger partial charge in [-0.1, -0.05) is 0 Å². The second-order valence-corrected chi connectivity index (χ2v) is 7.35. The zero-order valence-electron chi connectivity index (χ0n) is 19.8. The van der Waals surface area contributed by atoms with E-state index in [0.29, 0.717) is 0 Å². The molecule has 36 heavy (non-hydrogen) atoms. The van der Waals surface area contributed by atoms with E-state index in [2.05, 4.69) is 10.1 Å². The van der Waals surface area contributed by atoms with E-state index >= 15 is 0 Å². The zero-order valence-corrected chi connectivity index (χ0v) is 19.8. The Labute approximate surface area is 202 Å². The lowest BCUT2D eigenvalue weighted by Crippen LogP contribution is -2.65. The molecule has 0 spiro atoms. The van der Waals surface area contributed by atoms with Crippen LogP contribution in [0.2, 0.25) is 0 Å². The monoisotopic (exact) mass is 526 g/mol. The second kappa shape index (κ2) is 12.7. The Morgan fingerprint density at radius 2 is 1.56 bits per heavy atom. The maximum absolute atomic E-state index is 13.1. The molecule has 0 bridgehead atoms. The molecule has 5 atom stereocenters. The molecule has 0 aromatic carbocycles. The molecule has 2 amide bonds. The number of rotatable bonds is 9. The fourth-order valence-electron chi connectivity index (χ4n) is 3.14. The topological polar surface area (TPSA) is 173 Å². The number of hydrogen-bond donors (Lipinski definition) is 2. The summed E-state index contributed by atoms with van der Waals surface area (Å²) in [5, 5.41) is 3.88. The van der Waals surface area contributed by atoms with Crippen LogP contribution in [0.4, 0.5) is 13.2 Å². The lowest BCUT2D eigenvalue weighted by molar-refractivity contribution is -0.191. The van der Waals surface area contributed by atoms with Crippen LogP contribution in [0.3, 0.4) is 0 Å². The molecule has 0 saturated heterocycles. The molecular formula is C20H25F3N2O11. The highest BCUT2D eigenvalue weighted by molar-refractivity contribution is 5.87. The van der Waals surface area contributed by atoms with Crippen molar-refractivity contribution in [2.24, 2.45) is 0 Å². The summed E-state index contributed by atoms with van der Waals surface area (Å²) in [5.74, 6) is -7.89. The summed E-state index contributed by atoms with van der Waals surface area (Å²) in [6.45, 7) is 3.09. The van der Waals surface area contributed by atoms with Crippen molar-refractivity contribution in [2.45, 2.75) is 64.3 Å². The number of carbonyl (C=O) groups excluding carboxylic acids is 6. The quantitative estimate of drug-likeness (QED) is 0.291. The Bertz CT molecular complexity index is 919. The van der Waals surface area contributed by atoms with E-state index in [1.165, 1.54) is 0 Å². The van der Waals surface area contributed by atoms with Crippen LogP contribution < -0.4 is 10.6 Å². The summed E-state index contributed by atoms with van der Waals surface area (Å²) in [6.07, 6.45) is -9.96. The van der Waals surface area contributed by atoms with Crippen LogP contribution in [0.1, 0.15) is 27.7 Å². The van der Waals surface area contributed by atoms with Crippen molar-refractivity contribution in [1.82, 2.24) is 10.6 Å². The summed E-state index contributed by atoms with van der Waals surface area (Å²) in [7, 11) is 0.957. The minimum absolute atomic E-state index is 0.634. The Balaban J connectivity index is 3.70. The SMILES string of the molecule is COC(=O)C1=C[C@H](NC(C)=O)[C@@H](NC(=O)C(F)(F)F)[C@H]([C@H](OC(C)=O)[C@@H](COC(C)=O)OC(C)=O)O1. The Morgan fingerprint density at radius 1 is 0.972 bits per heavy atom. The van der Waals surface area contributed by atoms with Gasteiger partial charge in [-0.05, 0) is 6.08 Å². The van der Waals surface area contributed by atoms with Crippen LogP contribution in [0.5, 0.6) is 0 Å². The fourth-order valence-corrected chi connectivity index (χ4v) is 3.14. The van der Waals surface area contributed by atoms with Gasteiger partial charge in [0.1, 0.15) is 6.61 Å². The first kappa shape index (κ1) is 30.2. The first-order valence-electron chi connectivity index (χ1n) is 10.2. The zero-order chi connectivity index (χ0) is 27.8. The van der Waals surface area contributed by atoms with Crippen molar-refractivity contribution in [3.63, 3.8) is 0 Å². The van der Waals surface area contributed by atoms with E-state index in [1.54, 1.807) is 5.32 Å². The minimum atomic E-state index is -5.39. The molecule has 202 valence electrons. The van der Waals surface area contributed by atoms with Crippen LogP contribution in [-0.4, -0.2) is 86.0 Å². The molecule has 1 aliphatic rings. The number of carbonyl (C=O) groups is 6. The third-order valence-corrected chi connectivity index (χ3v) is 4.41. The molecule has 16 heteroatoms. The van der Waals surface area contributed by atoms with Crippen molar-refractivity contribution in [1.29, 1.82) is 0 Å². The number of halogens is 3. The van der Waals surface area contributed by atoms with E-state index < -0.39 is 84.6 Å². The third kappa shape index (κ3) is 9.07.